The number of aliphatic hydroxyl groups excluding tert-OH is 2. The summed E-state index contributed by atoms with van der Waals surface area (Å²) in [6.45, 7) is -0.891. The van der Waals surface area contributed by atoms with Crippen molar-refractivity contribution < 1.29 is 79.4 Å². The molecule has 12 rings (SSSR count). The number of aliphatic hydroxyl groups is 2. The van der Waals surface area contributed by atoms with Crippen LogP contribution in [0, 0.1) is 5.82 Å². The van der Waals surface area contributed by atoms with Crippen LogP contribution in [0.1, 0.15) is 95.3 Å². The first-order valence-corrected chi connectivity index (χ1v) is 36.4. The molecule has 550 valence electrons. The molecular formula is C67H67BrCl3F7N12O10S3. The van der Waals surface area contributed by atoms with Gasteiger partial charge in [-0.1, -0.05) is 81.1 Å². The van der Waals surface area contributed by atoms with Crippen molar-refractivity contribution in [3.05, 3.63) is 186 Å². The minimum atomic E-state index is -2.97. The van der Waals surface area contributed by atoms with Gasteiger partial charge in [0.25, 0.3) is 17.8 Å². The second-order valence-electron chi connectivity index (χ2n) is 24.2. The van der Waals surface area contributed by atoms with Crippen LogP contribution in [0.5, 0.6) is 0 Å². The van der Waals surface area contributed by atoms with Gasteiger partial charge in [-0.05, 0) is 55.7 Å². The highest BCUT2D eigenvalue weighted by atomic mass is 79.9. The molecule has 0 radical (unpaired) electrons. The van der Waals surface area contributed by atoms with E-state index in [1.807, 2.05) is 0 Å². The van der Waals surface area contributed by atoms with Gasteiger partial charge in [0.2, 0.25) is 0 Å². The highest BCUT2D eigenvalue weighted by Gasteiger charge is 2.48. The predicted octanol–water partition coefficient (Wildman–Crippen LogP) is 11.6. The van der Waals surface area contributed by atoms with E-state index in [1.165, 1.54) is 87.2 Å². The van der Waals surface area contributed by atoms with Gasteiger partial charge in [0.1, 0.15) is 23.9 Å². The number of nitrogens with one attached hydrogen (secondary N) is 3. The Hall–Kier alpha value is -7.28. The molecule has 0 bridgehead atoms. The number of aliphatic imine (C=N–C) groups is 3. The van der Waals surface area contributed by atoms with Gasteiger partial charge in [-0.25, -0.2) is 60.1 Å². The van der Waals surface area contributed by atoms with Crippen molar-refractivity contribution in [3.8, 4) is 0 Å². The summed E-state index contributed by atoms with van der Waals surface area (Å²) >= 11 is 26.3. The summed E-state index contributed by atoms with van der Waals surface area (Å²) in [5.74, 6) is -11.3. The lowest BCUT2D eigenvalue weighted by molar-refractivity contribution is -0.139. The standard InChI is InChI=1S/C24H24BrF3N4O4S.C22H23ClF2N4O3S.C21H20Cl2F2N4O3S/c1-36-23(35)19-17(11-32-12-24(27,28)7-6-14(32)3-5-18(33)34)30-21(22-29-8-9-37-22)31-20(19)15-4-2-13(26)10-16(15)25;1-2-32-21(31)17-16(10-29-12-22(24,25)9-13(29)11-30)27-19(20-26-7-8-33-20)28-18(17)14-5-3-4-6-15(14)23;1-32-20(31)16-15(8-29-10-21(24,25)7-12(29)9-30)27-18(19-26-4-5-33-19)28-17(16)13-3-2-11(22)6-14(13)23/h2,4,8-10,14,20H,3,5-7,11-12H2,1H3,(H,30,31)(H,33,34);3-8,13,18,30H,2,9-12H2,1H3,(H,27,28);2-6,12,17,30H,7-10H2,1H3,(H,27,28)/t14-,20+;13-,18+;12-,17+/m111/s1. The molecule has 22 nitrogen and oxygen atoms in total. The minimum Gasteiger partial charge on any atom is -0.481 e. The SMILES string of the molecule is CCOC(=O)C1=C(CN2CC(F)(F)C[C@@H]2CO)NC(c2nccs2)=N[C@H]1c1ccccc1Cl.COC(=O)C1=C(CN2CC(F)(F)CC[C@H]2CCC(=O)O)NC(c2nccs2)=N[C@H]1c1ccc(F)cc1Br.COC(=O)C1=C(CN2CC(F)(F)C[C@@H]2CO)NC(c2nccs2)=N[C@H]1c1ccc(Cl)cc1Cl. The number of carboxylic acids is 1. The number of carbonyl (C=O) groups excluding carboxylic acids is 3. The van der Waals surface area contributed by atoms with Gasteiger partial charge in [-0.2, -0.15) is 0 Å². The van der Waals surface area contributed by atoms with Crippen molar-refractivity contribution in [1.29, 1.82) is 0 Å². The summed E-state index contributed by atoms with van der Waals surface area (Å²) in [6.07, 6.45) is 3.68. The molecule has 0 spiro atoms. The largest absolute Gasteiger partial charge is 0.481 e. The molecule has 3 aromatic heterocycles. The van der Waals surface area contributed by atoms with Gasteiger partial charge in [0, 0.05) is 146 Å². The van der Waals surface area contributed by atoms with E-state index in [9.17, 15) is 60.1 Å². The number of carbonyl (C=O) groups is 4. The molecule has 0 unspecified atom stereocenters. The fourth-order valence-electron chi connectivity index (χ4n) is 12.6. The van der Waals surface area contributed by atoms with Crippen molar-refractivity contribution in [2.24, 2.45) is 15.0 Å². The van der Waals surface area contributed by atoms with E-state index >= 15 is 0 Å². The predicted molar refractivity (Wildman–Crippen MR) is 378 cm³/mol. The van der Waals surface area contributed by atoms with Crippen LogP contribution in [0.25, 0.3) is 0 Å². The van der Waals surface area contributed by atoms with Crippen molar-refractivity contribution in [2.75, 3.05) is 73.3 Å². The number of hydrogen-bond donors (Lipinski definition) is 6. The number of carboxylic acid groups (broad SMARTS) is 1. The fraction of sp³-hybridized carbons (Fsp3) is 0.403. The Morgan fingerprint density at radius 2 is 1.04 bits per heavy atom. The number of halogens is 11. The van der Waals surface area contributed by atoms with E-state index < -0.39 is 129 Å². The molecule has 6 aromatic rings. The van der Waals surface area contributed by atoms with E-state index in [1.54, 1.807) is 78.1 Å². The molecule has 0 amide bonds. The molecule has 6 aliphatic rings. The summed E-state index contributed by atoms with van der Waals surface area (Å²) in [5.41, 5.74) is 2.95. The summed E-state index contributed by atoms with van der Waals surface area (Å²) in [5, 5.41) is 45.8. The summed E-state index contributed by atoms with van der Waals surface area (Å²) in [6, 6.07) is 11.2. The average Bonchev–Trinajstić information content (AvgIpc) is 1.78. The number of amidine groups is 3. The number of benzene rings is 3. The van der Waals surface area contributed by atoms with Crippen molar-refractivity contribution in [3.63, 3.8) is 0 Å². The van der Waals surface area contributed by atoms with E-state index in [-0.39, 0.29) is 74.3 Å². The molecule has 6 atom stereocenters. The third-order valence-corrected chi connectivity index (χ3v) is 21.2. The lowest BCUT2D eigenvalue weighted by Gasteiger charge is -2.41. The molecule has 3 saturated heterocycles. The second-order valence-corrected chi connectivity index (χ2v) is 29.0. The smallest absolute Gasteiger partial charge is 0.338 e. The zero-order valence-corrected chi connectivity index (χ0v) is 61.2. The summed E-state index contributed by atoms with van der Waals surface area (Å²) in [7, 11) is 2.43. The van der Waals surface area contributed by atoms with E-state index in [2.05, 4.69) is 56.8 Å². The first kappa shape index (κ1) is 78.3. The Bertz CT molecular complexity index is 4280. The third-order valence-electron chi connectivity index (χ3n) is 17.3. The maximum atomic E-state index is 14.5. The number of thiazole rings is 3. The highest BCUT2D eigenvalue weighted by Crippen LogP contribution is 2.43. The number of hydrogen-bond acceptors (Lipinski definition) is 24. The number of likely N-dealkylation sites (tertiary alicyclic amines) is 3. The van der Waals surface area contributed by atoms with Crippen LogP contribution in [0.4, 0.5) is 30.7 Å². The average molecular weight is 1620 g/mol. The number of methoxy groups -OCH3 is 2. The zero-order chi connectivity index (χ0) is 74.1. The number of piperidine rings is 1. The van der Waals surface area contributed by atoms with Crippen LogP contribution in [-0.4, -0.2) is 196 Å². The van der Waals surface area contributed by atoms with Gasteiger partial charge in [0.05, 0.1) is 70.4 Å². The summed E-state index contributed by atoms with van der Waals surface area (Å²) in [4.78, 5) is 81.6. The molecule has 3 aromatic carbocycles. The Kier molecular flexibility index (Phi) is 26.1. The minimum absolute atomic E-state index is 0.0275. The molecule has 6 aliphatic heterocycles. The Labute approximate surface area is 621 Å². The molecule has 103 heavy (non-hydrogen) atoms. The number of nitrogens with zero attached hydrogens (tertiary/aromatic N) is 9. The molecule has 9 heterocycles. The lowest BCUT2D eigenvalue weighted by Crippen LogP contribution is -2.51. The van der Waals surface area contributed by atoms with Crippen LogP contribution in [0.3, 0.4) is 0 Å². The van der Waals surface area contributed by atoms with Crippen molar-refractivity contribution in [2.45, 2.75) is 99.5 Å². The first-order valence-electron chi connectivity index (χ1n) is 31.8. The van der Waals surface area contributed by atoms with Crippen LogP contribution in [0.15, 0.2) is 149 Å². The Balaban J connectivity index is 0.000000166. The zero-order valence-electron chi connectivity index (χ0n) is 54.9. The van der Waals surface area contributed by atoms with E-state index in [0.717, 1.165) is 0 Å². The van der Waals surface area contributed by atoms with Gasteiger partial charge in [-0.3, -0.25) is 34.5 Å². The molecule has 6 N–H and O–H groups in total. The number of aromatic nitrogens is 3. The normalized spacial score (nSPS) is 22.4. The topological polar surface area (TPSA) is 278 Å². The number of aliphatic carboxylic acids is 1. The van der Waals surface area contributed by atoms with Gasteiger partial charge >= 0.3 is 23.9 Å². The third kappa shape index (κ3) is 19.2. The maximum absolute atomic E-state index is 14.5. The highest BCUT2D eigenvalue weighted by molar-refractivity contribution is 9.10. The monoisotopic (exact) mass is 1610 g/mol. The number of ether oxygens (including phenoxy) is 3. The molecule has 3 fully saturated rings. The molecule has 0 saturated carbocycles. The van der Waals surface area contributed by atoms with E-state index in [0.29, 0.717) is 80.2 Å². The Morgan fingerprint density at radius 1 is 0.602 bits per heavy atom. The van der Waals surface area contributed by atoms with Crippen molar-refractivity contribution >= 4 is 126 Å². The molecule has 0 aliphatic carbocycles. The van der Waals surface area contributed by atoms with E-state index in [4.69, 9.17) is 59.1 Å². The van der Waals surface area contributed by atoms with Gasteiger partial charge < -0.3 is 45.5 Å². The number of esters is 3. The van der Waals surface area contributed by atoms with Crippen molar-refractivity contribution in [1.82, 2.24) is 45.6 Å². The Morgan fingerprint density at radius 3 is 1.46 bits per heavy atom. The molecule has 36 heteroatoms. The van der Waals surface area contributed by atoms with Crippen LogP contribution in [0.2, 0.25) is 15.1 Å². The quantitative estimate of drug-likeness (QED) is 0.0222. The fourth-order valence-corrected chi connectivity index (χ4v) is 15.7. The number of alkyl halides is 6. The molecular weight excluding hydrogens is 1550 g/mol. The van der Waals surface area contributed by atoms with Crippen LogP contribution in [-0.2, 0) is 33.4 Å². The van der Waals surface area contributed by atoms with Crippen LogP contribution < -0.4 is 16.0 Å². The first-order chi connectivity index (χ1) is 49.1. The van der Waals surface area contributed by atoms with Gasteiger partial charge in [-0.15, -0.1) is 34.0 Å². The lowest BCUT2D eigenvalue weighted by atomic mass is 9.92. The maximum Gasteiger partial charge on any atom is 0.338 e. The summed E-state index contributed by atoms with van der Waals surface area (Å²) < 4.78 is 115. The van der Waals surface area contributed by atoms with Gasteiger partial charge in [0.15, 0.2) is 32.5 Å². The second kappa shape index (κ2) is 34.3. The number of rotatable bonds is 21. The van der Waals surface area contributed by atoms with Crippen LogP contribution >= 0.6 is 84.7 Å².